The molecule has 1 fully saturated rings. The van der Waals surface area contributed by atoms with Gasteiger partial charge in [0.05, 0.1) is 19.2 Å². The summed E-state index contributed by atoms with van der Waals surface area (Å²) in [6.45, 7) is 1.17. The molecule has 7 heteroatoms. The van der Waals surface area contributed by atoms with Crippen molar-refractivity contribution in [3.8, 4) is 5.88 Å². The van der Waals surface area contributed by atoms with Crippen molar-refractivity contribution in [2.75, 3.05) is 20.2 Å². The third kappa shape index (κ3) is 4.13. The van der Waals surface area contributed by atoms with Gasteiger partial charge in [0.2, 0.25) is 5.88 Å². The van der Waals surface area contributed by atoms with Gasteiger partial charge in [-0.1, -0.05) is 18.2 Å². The molecule has 1 aliphatic rings. The van der Waals surface area contributed by atoms with Crippen molar-refractivity contribution < 1.29 is 18.3 Å². The van der Waals surface area contributed by atoms with E-state index in [-0.39, 0.29) is 17.6 Å². The fourth-order valence-electron chi connectivity index (χ4n) is 3.67. The second-order valence-electron chi connectivity index (χ2n) is 7.08. The van der Waals surface area contributed by atoms with E-state index in [0.717, 1.165) is 12.8 Å². The molecule has 0 saturated carbocycles. The first-order valence-electron chi connectivity index (χ1n) is 9.62. The van der Waals surface area contributed by atoms with Crippen LogP contribution in [0.5, 0.6) is 5.88 Å². The summed E-state index contributed by atoms with van der Waals surface area (Å²) in [5, 5.41) is 0. The van der Waals surface area contributed by atoms with E-state index in [9.17, 15) is 9.18 Å². The van der Waals surface area contributed by atoms with Crippen LogP contribution in [0.25, 0.3) is 0 Å². The van der Waals surface area contributed by atoms with Crippen molar-refractivity contribution in [2.24, 2.45) is 0 Å². The van der Waals surface area contributed by atoms with E-state index >= 15 is 0 Å². The molecule has 2 aromatic heterocycles. The van der Waals surface area contributed by atoms with Crippen LogP contribution in [0.15, 0.2) is 53.2 Å². The zero-order valence-corrected chi connectivity index (χ0v) is 16.2. The average molecular weight is 395 g/mol. The lowest BCUT2D eigenvalue weighted by molar-refractivity contribution is 0.0693. The number of amides is 1. The Kier molecular flexibility index (Phi) is 5.55. The molecule has 6 nitrogen and oxygen atoms in total. The van der Waals surface area contributed by atoms with Gasteiger partial charge in [-0.05, 0) is 36.6 Å². The Hall–Kier alpha value is -3.22. The number of benzene rings is 1. The summed E-state index contributed by atoms with van der Waals surface area (Å²) < 4.78 is 25.0. The van der Waals surface area contributed by atoms with Crippen LogP contribution in [-0.2, 0) is 6.42 Å². The summed E-state index contributed by atoms with van der Waals surface area (Å²) in [5.74, 6) is 1.16. The van der Waals surface area contributed by atoms with Crippen LogP contribution in [0, 0.1) is 5.82 Å². The number of likely N-dealkylation sites (tertiary alicyclic amines) is 1. The van der Waals surface area contributed by atoms with Gasteiger partial charge in [-0.3, -0.25) is 4.79 Å². The van der Waals surface area contributed by atoms with Crippen LogP contribution in [0.3, 0.4) is 0 Å². The SMILES string of the molecule is COc1ncccc1C(=O)N1CCC[C@H](c2ncc(Cc3ccccc3F)o2)C1. The van der Waals surface area contributed by atoms with E-state index in [1.807, 2.05) is 0 Å². The van der Waals surface area contributed by atoms with E-state index in [1.54, 1.807) is 47.6 Å². The molecular formula is C22H22FN3O3. The summed E-state index contributed by atoms with van der Waals surface area (Å²) in [6, 6.07) is 10.1. The molecule has 1 amide bonds. The zero-order valence-electron chi connectivity index (χ0n) is 16.2. The third-order valence-electron chi connectivity index (χ3n) is 5.15. The zero-order chi connectivity index (χ0) is 20.2. The molecule has 0 aliphatic carbocycles. The van der Waals surface area contributed by atoms with Crippen molar-refractivity contribution in [1.82, 2.24) is 14.9 Å². The number of oxazole rings is 1. The number of halogens is 1. The van der Waals surface area contributed by atoms with Gasteiger partial charge in [0.1, 0.15) is 17.1 Å². The first kappa shape index (κ1) is 19.1. The number of carbonyl (C=O) groups is 1. The Morgan fingerprint density at radius 3 is 2.97 bits per heavy atom. The Morgan fingerprint density at radius 2 is 2.14 bits per heavy atom. The Balaban J connectivity index is 1.47. The number of methoxy groups -OCH3 is 1. The summed E-state index contributed by atoms with van der Waals surface area (Å²) in [7, 11) is 1.50. The van der Waals surface area contributed by atoms with Crippen LogP contribution in [0.2, 0.25) is 0 Å². The molecule has 3 heterocycles. The van der Waals surface area contributed by atoms with Crippen LogP contribution >= 0.6 is 0 Å². The summed E-state index contributed by atoms with van der Waals surface area (Å²) in [6.07, 6.45) is 5.32. The number of aromatic nitrogens is 2. The number of pyridine rings is 1. The normalized spacial score (nSPS) is 16.6. The van der Waals surface area contributed by atoms with E-state index in [2.05, 4.69) is 9.97 Å². The number of nitrogens with zero attached hydrogens (tertiary/aromatic N) is 3. The molecule has 1 aromatic carbocycles. The van der Waals surface area contributed by atoms with Crippen LogP contribution < -0.4 is 4.74 Å². The Bertz CT molecular complexity index is 1000. The maximum absolute atomic E-state index is 13.9. The molecule has 0 radical (unpaired) electrons. The Morgan fingerprint density at radius 1 is 1.28 bits per heavy atom. The molecule has 1 saturated heterocycles. The average Bonchev–Trinajstić information content (AvgIpc) is 3.23. The second-order valence-corrected chi connectivity index (χ2v) is 7.08. The highest BCUT2D eigenvalue weighted by Crippen LogP contribution is 2.29. The minimum Gasteiger partial charge on any atom is -0.480 e. The van der Waals surface area contributed by atoms with Gasteiger partial charge < -0.3 is 14.1 Å². The molecule has 1 atom stereocenters. The Labute approximate surface area is 168 Å². The smallest absolute Gasteiger partial charge is 0.259 e. The van der Waals surface area contributed by atoms with E-state index < -0.39 is 0 Å². The predicted molar refractivity (Wildman–Crippen MR) is 104 cm³/mol. The number of piperidine rings is 1. The third-order valence-corrected chi connectivity index (χ3v) is 5.15. The lowest BCUT2D eigenvalue weighted by atomic mass is 9.97. The highest BCUT2D eigenvalue weighted by molar-refractivity contribution is 5.96. The molecule has 3 aromatic rings. The number of rotatable bonds is 5. The molecule has 0 spiro atoms. The first-order valence-corrected chi connectivity index (χ1v) is 9.62. The minimum absolute atomic E-state index is 0.00439. The van der Waals surface area contributed by atoms with Crippen molar-refractivity contribution in [1.29, 1.82) is 0 Å². The van der Waals surface area contributed by atoms with Gasteiger partial charge in [-0.2, -0.15) is 0 Å². The molecule has 0 unspecified atom stereocenters. The lowest BCUT2D eigenvalue weighted by Gasteiger charge is -2.31. The highest BCUT2D eigenvalue weighted by atomic mass is 19.1. The van der Waals surface area contributed by atoms with Crippen molar-refractivity contribution >= 4 is 5.91 Å². The molecule has 150 valence electrons. The minimum atomic E-state index is -0.259. The number of ether oxygens (including phenoxy) is 1. The van der Waals surface area contributed by atoms with Crippen LogP contribution in [0.1, 0.15) is 46.3 Å². The van der Waals surface area contributed by atoms with Crippen molar-refractivity contribution in [3.63, 3.8) is 0 Å². The van der Waals surface area contributed by atoms with Crippen molar-refractivity contribution in [3.05, 3.63) is 77.4 Å². The maximum atomic E-state index is 13.9. The van der Waals surface area contributed by atoms with Gasteiger partial charge in [0.15, 0.2) is 5.89 Å². The van der Waals surface area contributed by atoms with Crippen LogP contribution in [0.4, 0.5) is 4.39 Å². The van der Waals surface area contributed by atoms with Crippen LogP contribution in [-0.4, -0.2) is 41.0 Å². The van der Waals surface area contributed by atoms with E-state index in [1.165, 1.54) is 13.2 Å². The quantitative estimate of drug-likeness (QED) is 0.657. The van der Waals surface area contributed by atoms with Gasteiger partial charge in [-0.15, -0.1) is 0 Å². The molecular weight excluding hydrogens is 373 g/mol. The predicted octanol–water partition coefficient (Wildman–Crippen LogP) is 3.83. The number of hydrogen-bond donors (Lipinski definition) is 0. The molecule has 4 rings (SSSR count). The highest BCUT2D eigenvalue weighted by Gasteiger charge is 2.29. The van der Waals surface area contributed by atoms with Crippen molar-refractivity contribution in [2.45, 2.75) is 25.2 Å². The van der Waals surface area contributed by atoms with Gasteiger partial charge in [0.25, 0.3) is 5.91 Å². The lowest BCUT2D eigenvalue weighted by Crippen LogP contribution is -2.39. The van der Waals surface area contributed by atoms with Gasteiger partial charge >= 0.3 is 0 Å². The molecule has 0 bridgehead atoms. The first-order chi connectivity index (χ1) is 14.2. The molecule has 0 N–H and O–H groups in total. The summed E-state index contributed by atoms with van der Waals surface area (Å²) >= 11 is 0. The monoisotopic (exact) mass is 395 g/mol. The topological polar surface area (TPSA) is 68.5 Å². The fraction of sp³-hybridized carbons (Fsp3) is 0.318. The molecule has 1 aliphatic heterocycles. The van der Waals surface area contributed by atoms with Gasteiger partial charge in [-0.25, -0.2) is 14.4 Å². The summed E-state index contributed by atoms with van der Waals surface area (Å²) in [5.41, 5.74) is 1.02. The fourth-order valence-corrected chi connectivity index (χ4v) is 3.67. The van der Waals surface area contributed by atoms with E-state index in [4.69, 9.17) is 9.15 Å². The largest absolute Gasteiger partial charge is 0.480 e. The van der Waals surface area contributed by atoms with E-state index in [0.29, 0.717) is 48.2 Å². The maximum Gasteiger partial charge on any atom is 0.259 e. The number of hydrogen-bond acceptors (Lipinski definition) is 5. The summed E-state index contributed by atoms with van der Waals surface area (Å²) in [4.78, 5) is 23.3. The number of carbonyl (C=O) groups excluding carboxylic acids is 1. The molecule has 29 heavy (non-hydrogen) atoms. The second kappa shape index (κ2) is 8.43. The van der Waals surface area contributed by atoms with Gasteiger partial charge in [0, 0.05) is 25.7 Å². The standard InChI is InChI=1S/C22H22FN3O3/c1-28-21-18(8-4-10-24-21)22(27)26-11-5-7-16(14-26)20-25-13-17(29-20)12-15-6-2-3-9-19(15)23/h2-4,6,8-10,13,16H,5,7,11-12,14H2,1H3/t16-/m0/s1.